The molecule has 0 radical (unpaired) electrons. The van der Waals surface area contributed by atoms with E-state index in [4.69, 9.17) is 0 Å². The summed E-state index contributed by atoms with van der Waals surface area (Å²) in [6, 6.07) is 0. The van der Waals surface area contributed by atoms with E-state index in [9.17, 15) is 0 Å². The van der Waals surface area contributed by atoms with Crippen LogP contribution in [0.5, 0.6) is 0 Å². The van der Waals surface area contributed by atoms with E-state index in [-0.39, 0.29) is 0 Å². The summed E-state index contributed by atoms with van der Waals surface area (Å²) in [5.41, 5.74) is 0. The Labute approximate surface area is 42.5 Å². The van der Waals surface area contributed by atoms with E-state index in [0.717, 1.165) is 5.92 Å². The quantitative estimate of drug-likeness (QED) is 0.469. The third-order valence-corrected chi connectivity index (χ3v) is 1.90. The molecule has 2 atom stereocenters. The molecule has 1 unspecified atom stereocenters. The minimum absolute atomic E-state index is 0.898. The first-order valence-corrected chi connectivity index (χ1v) is 3.33. The lowest BCUT2D eigenvalue weighted by Gasteiger charge is -1.98. The van der Waals surface area contributed by atoms with Gasteiger partial charge < -0.3 is 0 Å². The van der Waals surface area contributed by atoms with Crippen LogP contribution in [-0.2, 0) is 0 Å². The van der Waals surface area contributed by atoms with Crippen LogP contribution in [0.15, 0.2) is 0 Å². The van der Waals surface area contributed by atoms with Crippen molar-refractivity contribution in [3.63, 3.8) is 0 Å². The predicted molar refractivity (Wildman–Crippen MR) is 34.0 cm³/mol. The Morgan fingerprint density at radius 2 is 2.17 bits per heavy atom. The summed E-state index contributed by atoms with van der Waals surface area (Å²) in [4.78, 5) is 0. The van der Waals surface area contributed by atoms with E-state index >= 15 is 0 Å². The highest BCUT2D eigenvalue weighted by Gasteiger charge is 1.88. The fourth-order valence-corrected chi connectivity index (χ4v) is 0.500. The molecule has 0 heterocycles. The smallest absolute Gasteiger partial charge is 0.0355 e. The summed E-state index contributed by atoms with van der Waals surface area (Å²) in [6.07, 6.45) is 2.56. The highest BCUT2D eigenvalue weighted by molar-refractivity contribution is 7.16. The lowest BCUT2D eigenvalue weighted by atomic mass is 10.2. The Kier molecular flexibility index (Phi) is 3.87. The average Bonchev–Trinajstić information content (AvgIpc) is 1.65. The van der Waals surface area contributed by atoms with Crippen LogP contribution in [0.2, 0.25) is 0 Å². The number of hydrogen-bond acceptors (Lipinski definition) is 0. The van der Waals surface area contributed by atoms with E-state index in [1.807, 2.05) is 0 Å². The molecule has 0 spiro atoms. The van der Waals surface area contributed by atoms with Crippen molar-refractivity contribution >= 4 is 9.24 Å². The third kappa shape index (κ3) is 2.66. The average molecular weight is 104 g/mol. The fourth-order valence-electron chi connectivity index (χ4n) is 0.167. The SMILES string of the molecule is CC[C@H](C)CP. The number of hydrogen-bond donors (Lipinski definition) is 0. The summed E-state index contributed by atoms with van der Waals surface area (Å²) < 4.78 is 0. The van der Waals surface area contributed by atoms with Crippen molar-refractivity contribution in [2.75, 3.05) is 6.16 Å². The van der Waals surface area contributed by atoms with Crippen LogP contribution in [0, 0.1) is 5.92 Å². The highest BCUT2D eigenvalue weighted by Crippen LogP contribution is 2.02. The van der Waals surface area contributed by atoms with Gasteiger partial charge in [-0.25, -0.2) is 0 Å². The van der Waals surface area contributed by atoms with Gasteiger partial charge in [0.1, 0.15) is 0 Å². The molecule has 0 aromatic heterocycles. The van der Waals surface area contributed by atoms with Crippen molar-refractivity contribution < 1.29 is 0 Å². The second-order valence-electron chi connectivity index (χ2n) is 1.75. The predicted octanol–water partition coefficient (Wildman–Crippen LogP) is 1.91. The van der Waals surface area contributed by atoms with Crippen molar-refractivity contribution in [1.29, 1.82) is 0 Å². The van der Waals surface area contributed by atoms with Crippen molar-refractivity contribution in [3.05, 3.63) is 0 Å². The fraction of sp³-hybridized carbons (Fsp3) is 1.00. The van der Waals surface area contributed by atoms with E-state index in [1.54, 1.807) is 0 Å². The standard InChI is InChI=1S/C5H13P/c1-3-5(2)4-6/h5H,3-4,6H2,1-2H3/t5-/m0/s1. The van der Waals surface area contributed by atoms with Gasteiger partial charge in [0.15, 0.2) is 0 Å². The number of rotatable bonds is 2. The maximum absolute atomic E-state index is 2.74. The lowest BCUT2D eigenvalue weighted by Crippen LogP contribution is -1.89. The molecule has 0 rings (SSSR count). The van der Waals surface area contributed by atoms with Gasteiger partial charge in [-0.3, -0.25) is 0 Å². The van der Waals surface area contributed by atoms with Crippen LogP contribution >= 0.6 is 9.24 Å². The Morgan fingerprint density at radius 1 is 1.67 bits per heavy atom. The molecular weight excluding hydrogens is 91.0 g/mol. The molecule has 0 aromatic rings. The van der Waals surface area contributed by atoms with E-state index in [0.29, 0.717) is 0 Å². The molecule has 0 nitrogen and oxygen atoms in total. The Morgan fingerprint density at radius 3 is 2.17 bits per heavy atom. The maximum Gasteiger partial charge on any atom is -0.0355 e. The van der Waals surface area contributed by atoms with Crippen molar-refractivity contribution in [2.24, 2.45) is 5.92 Å². The molecule has 0 aliphatic heterocycles. The van der Waals surface area contributed by atoms with Gasteiger partial charge in [0.05, 0.1) is 0 Å². The molecule has 0 saturated carbocycles. The Balaban J connectivity index is 2.75. The Bertz CT molecular complexity index is 23.1. The maximum atomic E-state index is 2.74. The van der Waals surface area contributed by atoms with Gasteiger partial charge in [-0.15, -0.1) is 9.24 Å². The first-order chi connectivity index (χ1) is 2.81. The summed E-state index contributed by atoms with van der Waals surface area (Å²) in [5.74, 6) is 0.898. The molecule has 0 N–H and O–H groups in total. The minimum atomic E-state index is 0.898. The zero-order valence-electron chi connectivity index (χ0n) is 4.57. The van der Waals surface area contributed by atoms with Crippen molar-refractivity contribution in [2.45, 2.75) is 20.3 Å². The van der Waals surface area contributed by atoms with Crippen LogP contribution < -0.4 is 0 Å². The van der Waals surface area contributed by atoms with Crippen LogP contribution in [0.1, 0.15) is 20.3 Å². The van der Waals surface area contributed by atoms with Gasteiger partial charge >= 0.3 is 0 Å². The molecule has 6 heavy (non-hydrogen) atoms. The molecule has 0 bridgehead atoms. The molecule has 38 valence electrons. The zero-order valence-corrected chi connectivity index (χ0v) is 5.72. The van der Waals surface area contributed by atoms with E-state index in [1.165, 1.54) is 12.6 Å². The van der Waals surface area contributed by atoms with Gasteiger partial charge in [0.2, 0.25) is 0 Å². The molecule has 0 saturated heterocycles. The molecule has 1 heteroatoms. The topological polar surface area (TPSA) is 0 Å². The summed E-state index contributed by atoms with van der Waals surface area (Å²) in [6.45, 7) is 4.47. The lowest BCUT2D eigenvalue weighted by molar-refractivity contribution is 0.637. The minimum Gasteiger partial charge on any atom is -0.137 e. The van der Waals surface area contributed by atoms with Crippen molar-refractivity contribution in [1.82, 2.24) is 0 Å². The highest BCUT2D eigenvalue weighted by atomic mass is 31.0. The normalized spacial score (nSPS) is 14.5. The zero-order chi connectivity index (χ0) is 4.99. The molecule has 0 aliphatic carbocycles. The second-order valence-corrected chi connectivity index (χ2v) is 2.22. The third-order valence-electron chi connectivity index (χ3n) is 1.10. The monoisotopic (exact) mass is 104 g/mol. The van der Waals surface area contributed by atoms with Gasteiger partial charge in [-0.2, -0.15) is 0 Å². The summed E-state index contributed by atoms with van der Waals surface area (Å²) >= 11 is 0. The van der Waals surface area contributed by atoms with Gasteiger partial charge in [-0.05, 0) is 12.1 Å². The molecule has 0 aromatic carbocycles. The second kappa shape index (κ2) is 3.61. The Hall–Kier alpha value is 0.430. The van der Waals surface area contributed by atoms with E-state index in [2.05, 4.69) is 23.1 Å². The summed E-state index contributed by atoms with van der Waals surface area (Å²) in [5, 5.41) is 0. The van der Waals surface area contributed by atoms with Crippen LogP contribution in [0.3, 0.4) is 0 Å². The van der Waals surface area contributed by atoms with Gasteiger partial charge in [-0.1, -0.05) is 20.3 Å². The van der Waals surface area contributed by atoms with Gasteiger partial charge in [0, 0.05) is 0 Å². The largest absolute Gasteiger partial charge is 0.137 e. The first-order valence-electron chi connectivity index (χ1n) is 2.51. The van der Waals surface area contributed by atoms with Crippen LogP contribution in [0.4, 0.5) is 0 Å². The molecule has 0 aliphatic rings. The molecular formula is C5H13P. The van der Waals surface area contributed by atoms with Crippen LogP contribution in [0.25, 0.3) is 0 Å². The van der Waals surface area contributed by atoms with E-state index < -0.39 is 0 Å². The van der Waals surface area contributed by atoms with Crippen molar-refractivity contribution in [3.8, 4) is 0 Å². The molecule has 0 amide bonds. The van der Waals surface area contributed by atoms with Crippen LogP contribution in [-0.4, -0.2) is 6.16 Å². The van der Waals surface area contributed by atoms with Gasteiger partial charge in [0.25, 0.3) is 0 Å². The molecule has 0 fully saturated rings. The first kappa shape index (κ1) is 6.43. The summed E-state index contributed by atoms with van der Waals surface area (Å²) in [7, 11) is 2.74.